The number of nitrogens with two attached hydrogens (primary N) is 1. The molecule has 2 aromatic heterocycles. The van der Waals surface area contributed by atoms with E-state index in [1.807, 2.05) is 60.7 Å². The van der Waals surface area contributed by atoms with Gasteiger partial charge < -0.3 is 20.1 Å². The van der Waals surface area contributed by atoms with Gasteiger partial charge in [-0.25, -0.2) is 14.6 Å². The van der Waals surface area contributed by atoms with Crippen molar-refractivity contribution in [1.29, 1.82) is 5.26 Å². The zero-order chi connectivity index (χ0) is 33.3. The Hall–Kier alpha value is -4.83. The van der Waals surface area contributed by atoms with E-state index < -0.39 is 5.54 Å². The number of nitrogens with zero attached hydrogens (tertiary/aromatic N) is 8. The molecule has 0 radical (unpaired) electrons. The highest BCUT2D eigenvalue weighted by Gasteiger charge is 2.35. The lowest BCUT2D eigenvalue weighted by atomic mass is 9.92. The minimum absolute atomic E-state index is 0.0852. The number of ether oxygens (including phenoxy) is 2. The lowest BCUT2D eigenvalue weighted by Gasteiger charge is -2.46. The molecule has 1 atom stereocenters. The smallest absolute Gasteiger partial charge is 0.264 e. The van der Waals surface area contributed by atoms with Crippen LogP contribution in [0, 0.1) is 11.3 Å². The summed E-state index contributed by atoms with van der Waals surface area (Å²) in [7, 11) is 0. The minimum Gasteiger partial charge on any atom is -0.457 e. The number of piperidine rings is 1. The van der Waals surface area contributed by atoms with Crippen molar-refractivity contribution in [3.63, 3.8) is 0 Å². The van der Waals surface area contributed by atoms with Gasteiger partial charge in [0.05, 0.1) is 30.6 Å². The van der Waals surface area contributed by atoms with E-state index in [9.17, 15) is 10.1 Å². The van der Waals surface area contributed by atoms with Crippen molar-refractivity contribution < 1.29 is 14.3 Å². The Kier molecular flexibility index (Phi) is 8.83. The minimum atomic E-state index is -0.441. The van der Waals surface area contributed by atoms with Gasteiger partial charge in [0.15, 0.2) is 5.82 Å². The van der Waals surface area contributed by atoms with Crippen LogP contribution in [-0.2, 0) is 9.53 Å². The molecule has 0 saturated carbocycles. The molecule has 12 nitrogen and oxygen atoms in total. The number of hydrogen-bond acceptors (Lipinski definition) is 10. The summed E-state index contributed by atoms with van der Waals surface area (Å²) < 4.78 is 13.1. The highest BCUT2D eigenvalue weighted by molar-refractivity contribution is 5.97. The molecule has 3 saturated heterocycles. The number of hydrogen-bond donors (Lipinski definition) is 1. The lowest BCUT2D eigenvalue weighted by Crippen LogP contribution is -2.59. The van der Waals surface area contributed by atoms with Crippen LogP contribution in [0.1, 0.15) is 38.3 Å². The maximum absolute atomic E-state index is 13.9. The average Bonchev–Trinajstić information content (AvgIpc) is 3.48. The van der Waals surface area contributed by atoms with E-state index in [1.54, 1.807) is 9.58 Å². The summed E-state index contributed by atoms with van der Waals surface area (Å²) in [6, 6.07) is 20.0. The number of aromatic nitrogens is 4. The van der Waals surface area contributed by atoms with Crippen molar-refractivity contribution >= 4 is 22.8 Å². The molecular weight excluding hydrogens is 606 g/mol. The third-order valence-electron chi connectivity index (χ3n) is 9.78. The molecule has 2 N–H and O–H groups in total. The van der Waals surface area contributed by atoms with Crippen LogP contribution >= 0.6 is 0 Å². The Morgan fingerprint density at radius 1 is 1.02 bits per heavy atom. The number of likely N-dealkylation sites (tertiary alicyclic amines) is 1. The summed E-state index contributed by atoms with van der Waals surface area (Å²) >= 11 is 0. The zero-order valence-corrected chi connectivity index (χ0v) is 27.5. The first kappa shape index (κ1) is 31.8. The van der Waals surface area contributed by atoms with Gasteiger partial charge in [-0.3, -0.25) is 14.6 Å². The van der Waals surface area contributed by atoms with Gasteiger partial charge >= 0.3 is 0 Å². The largest absolute Gasteiger partial charge is 0.457 e. The summed E-state index contributed by atoms with van der Waals surface area (Å²) in [5, 5.41) is 15.2. The van der Waals surface area contributed by atoms with Crippen LogP contribution in [0.5, 0.6) is 11.5 Å². The third-order valence-corrected chi connectivity index (χ3v) is 9.78. The number of para-hydroxylation sites is 1. The highest BCUT2D eigenvalue weighted by Crippen LogP contribution is 2.34. The van der Waals surface area contributed by atoms with Crippen molar-refractivity contribution in [3.8, 4) is 23.3 Å². The van der Waals surface area contributed by atoms with Crippen LogP contribution in [0.2, 0.25) is 0 Å². The first-order valence-electron chi connectivity index (χ1n) is 16.6. The van der Waals surface area contributed by atoms with E-state index in [0.717, 1.165) is 69.4 Å². The van der Waals surface area contributed by atoms with Gasteiger partial charge in [0.1, 0.15) is 40.5 Å². The maximum atomic E-state index is 13.9. The van der Waals surface area contributed by atoms with Gasteiger partial charge in [0.25, 0.3) is 5.91 Å². The number of rotatable bonds is 8. The standard InChI is InChI=1S/C36H41N9O3/c1-36(2,44-17-15-42(16-18-44)28-22-47-23-28)19-26(20-37)35(46)43-14-6-7-25(21-43)31-32-33(34(38)40-24-39-32)45(41-31)27-10-12-30(13-11-27)48-29-8-4-3-5-9-29/h3-5,8-13,19,24-25,28H,6-7,14-18,21-23H2,1-2H3,(H2,38,39,40)/b26-19-/t25-/m1/s1. The fraction of sp³-hybridized carbons (Fsp3) is 0.417. The molecule has 2 aromatic carbocycles. The van der Waals surface area contributed by atoms with Crippen molar-refractivity contribution in [2.24, 2.45) is 0 Å². The molecule has 48 heavy (non-hydrogen) atoms. The molecule has 7 rings (SSSR count). The summed E-state index contributed by atoms with van der Waals surface area (Å²) in [4.78, 5) is 29.4. The Balaban J connectivity index is 1.09. The van der Waals surface area contributed by atoms with Gasteiger partial charge in [-0.05, 0) is 69.2 Å². The summed E-state index contributed by atoms with van der Waals surface area (Å²) in [6.07, 6.45) is 4.92. The van der Waals surface area contributed by atoms with E-state index >= 15 is 0 Å². The summed E-state index contributed by atoms with van der Waals surface area (Å²) in [6.45, 7) is 10.5. The monoisotopic (exact) mass is 647 g/mol. The number of amides is 1. The lowest BCUT2D eigenvalue weighted by molar-refractivity contribution is -0.128. The number of anilines is 1. The first-order chi connectivity index (χ1) is 23.3. The molecular formula is C36H41N9O3. The molecule has 5 heterocycles. The van der Waals surface area contributed by atoms with Crippen molar-refractivity contribution in [2.75, 3.05) is 58.2 Å². The molecule has 1 amide bonds. The Labute approximate surface area is 280 Å². The second-order valence-corrected chi connectivity index (χ2v) is 13.3. The van der Waals surface area contributed by atoms with Crippen molar-refractivity contribution in [2.45, 2.75) is 44.2 Å². The molecule has 3 fully saturated rings. The Morgan fingerprint density at radius 3 is 2.44 bits per heavy atom. The maximum Gasteiger partial charge on any atom is 0.264 e. The van der Waals surface area contributed by atoms with Gasteiger partial charge in [-0.15, -0.1) is 0 Å². The van der Waals surface area contributed by atoms with Crippen LogP contribution in [-0.4, -0.2) is 104 Å². The van der Waals surface area contributed by atoms with E-state index in [-0.39, 0.29) is 17.4 Å². The van der Waals surface area contributed by atoms with Crippen LogP contribution in [0.15, 0.2) is 72.6 Å². The molecule has 4 aromatic rings. The van der Waals surface area contributed by atoms with Crippen LogP contribution in [0.25, 0.3) is 16.7 Å². The fourth-order valence-electron chi connectivity index (χ4n) is 6.97. The Bertz CT molecular complexity index is 1840. The SMILES string of the molecule is CC(C)(/C=C(/C#N)C(=O)N1CCC[C@@H](c2nn(-c3ccc(Oc4ccccc4)cc3)c3c(N)ncnc23)C1)N1CCN(C2COC2)CC1. The highest BCUT2D eigenvalue weighted by atomic mass is 16.5. The fourth-order valence-corrected chi connectivity index (χ4v) is 6.97. The molecule has 3 aliphatic heterocycles. The molecule has 0 aliphatic carbocycles. The molecule has 248 valence electrons. The number of carbonyl (C=O) groups is 1. The average molecular weight is 648 g/mol. The van der Waals surface area contributed by atoms with E-state index in [0.29, 0.717) is 41.7 Å². The van der Waals surface area contributed by atoms with Crippen molar-refractivity contribution in [1.82, 2.24) is 34.4 Å². The molecule has 12 heteroatoms. The van der Waals surface area contributed by atoms with Gasteiger partial charge in [0.2, 0.25) is 0 Å². The van der Waals surface area contributed by atoms with Crippen molar-refractivity contribution in [3.05, 3.63) is 78.3 Å². The van der Waals surface area contributed by atoms with E-state index in [2.05, 4.69) is 39.7 Å². The number of fused-ring (bicyclic) bond motifs is 1. The van der Waals surface area contributed by atoms with Gasteiger partial charge in [-0.2, -0.15) is 10.4 Å². The molecule has 0 unspecified atom stereocenters. The van der Waals surface area contributed by atoms with Crippen LogP contribution in [0.3, 0.4) is 0 Å². The number of piperazine rings is 1. The second-order valence-electron chi connectivity index (χ2n) is 13.3. The van der Waals surface area contributed by atoms with Crippen LogP contribution < -0.4 is 10.5 Å². The number of nitrogen functional groups attached to an aromatic ring is 1. The predicted molar refractivity (Wildman–Crippen MR) is 182 cm³/mol. The topological polar surface area (TPSA) is 139 Å². The summed E-state index contributed by atoms with van der Waals surface area (Å²) in [5.74, 6) is 1.45. The normalized spacial score (nSPS) is 20.0. The Morgan fingerprint density at radius 2 is 1.75 bits per heavy atom. The quantitative estimate of drug-likeness (QED) is 0.219. The molecule has 0 bridgehead atoms. The molecule has 3 aliphatic rings. The van der Waals surface area contributed by atoms with Gasteiger partial charge in [-0.1, -0.05) is 18.2 Å². The number of carbonyl (C=O) groups excluding carboxylic acids is 1. The predicted octanol–water partition coefficient (Wildman–Crippen LogP) is 4.14. The van der Waals surface area contributed by atoms with Crippen LogP contribution in [0.4, 0.5) is 5.82 Å². The zero-order valence-electron chi connectivity index (χ0n) is 27.5. The third kappa shape index (κ3) is 6.36. The molecule has 0 spiro atoms. The van der Waals surface area contributed by atoms with E-state index in [1.165, 1.54) is 6.33 Å². The number of nitriles is 1. The second kappa shape index (κ2) is 13.4. The number of benzene rings is 2. The summed E-state index contributed by atoms with van der Waals surface area (Å²) in [5.41, 5.74) is 8.97. The first-order valence-corrected chi connectivity index (χ1v) is 16.6. The van der Waals surface area contributed by atoms with Gasteiger partial charge in [0, 0.05) is 50.7 Å². The van der Waals surface area contributed by atoms with E-state index in [4.69, 9.17) is 20.3 Å².